The highest BCUT2D eigenvalue weighted by atomic mass is 32.1. The van der Waals surface area contributed by atoms with Crippen LogP contribution in [0.25, 0.3) is 0 Å². The topological polar surface area (TPSA) is 34.0 Å². The molecular weight excluding hydrogens is 232 g/mol. The SMILES string of the molecule is Cc1nn(C)cc1CN(C)Cc1scnc1C. The monoisotopic (exact) mass is 250 g/mol. The van der Waals surface area contributed by atoms with Crippen molar-refractivity contribution in [1.29, 1.82) is 0 Å². The Morgan fingerprint density at radius 2 is 2.06 bits per heavy atom. The zero-order valence-corrected chi connectivity index (χ0v) is 11.6. The van der Waals surface area contributed by atoms with E-state index in [4.69, 9.17) is 0 Å². The molecule has 0 bridgehead atoms. The van der Waals surface area contributed by atoms with Gasteiger partial charge in [0, 0.05) is 36.8 Å². The van der Waals surface area contributed by atoms with Crippen molar-refractivity contribution >= 4 is 11.3 Å². The molecule has 4 nitrogen and oxygen atoms in total. The van der Waals surface area contributed by atoms with Crippen molar-refractivity contribution in [1.82, 2.24) is 19.7 Å². The quantitative estimate of drug-likeness (QED) is 0.833. The van der Waals surface area contributed by atoms with Crippen LogP contribution in [-0.4, -0.2) is 26.7 Å². The van der Waals surface area contributed by atoms with Crippen molar-refractivity contribution < 1.29 is 0 Å². The van der Waals surface area contributed by atoms with Gasteiger partial charge in [-0.25, -0.2) is 4.98 Å². The van der Waals surface area contributed by atoms with E-state index in [0.717, 1.165) is 24.5 Å². The molecule has 2 aromatic heterocycles. The molecule has 0 N–H and O–H groups in total. The maximum atomic E-state index is 4.36. The van der Waals surface area contributed by atoms with Gasteiger partial charge in [0.25, 0.3) is 0 Å². The molecule has 0 amide bonds. The number of aryl methyl sites for hydroxylation is 3. The highest BCUT2D eigenvalue weighted by molar-refractivity contribution is 7.09. The first-order valence-electron chi connectivity index (χ1n) is 5.63. The molecule has 2 rings (SSSR count). The number of rotatable bonds is 4. The van der Waals surface area contributed by atoms with Crippen LogP contribution in [0.2, 0.25) is 0 Å². The summed E-state index contributed by atoms with van der Waals surface area (Å²) in [5, 5.41) is 4.36. The lowest BCUT2D eigenvalue weighted by atomic mass is 10.2. The first-order chi connectivity index (χ1) is 8.06. The third kappa shape index (κ3) is 2.92. The Balaban J connectivity index is 2.00. The highest BCUT2D eigenvalue weighted by Crippen LogP contribution is 2.16. The van der Waals surface area contributed by atoms with E-state index >= 15 is 0 Å². The van der Waals surface area contributed by atoms with Gasteiger partial charge in [-0.05, 0) is 20.9 Å². The second-order valence-electron chi connectivity index (χ2n) is 4.45. The summed E-state index contributed by atoms with van der Waals surface area (Å²) in [6, 6.07) is 0. The number of aromatic nitrogens is 3. The van der Waals surface area contributed by atoms with Gasteiger partial charge < -0.3 is 0 Å². The lowest BCUT2D eigenvalue weighted by Gasteiger charge is -2.15. The predicted octanol–water partition coefficient (Wildman–Crippen LogP) is 2.13. The fraction of sp³-hybridized carbons (Fsp3) is 0.500. The summed E-state index contributed by atoms with van der Waals surface area (Å²) in [5.41, 5.74) is 5.45. The van der Waals surface area contributed by atoms with Gasteiger partial charge in [-0.15, -0.1) is 11.3 Å². The molecule has 17 heavy (non-hydrogen) atoms. The standard InChI is InChI=1S/C12H18N4S/c1-9-11(6-16(4)14-9)5-15(3)7-12-10(2)13-8-17-12/h6,8H,5,7H2,1-4H3. The fourth-order valence-corrected chi connectivity index (χ4v) is 2.73. The van der Waals surface area contributed by atoms with E-state index in [9.17, 15) is 0 Å². The molecule has 0 fully saturated rings. The number of hydrogen-bond acceptors (Lipinski definition) is 4. The van der Waals surface area contributed by atoms with Gasteiger partial charge in [-0.2, -0.15) is 5.10 Å². The van der Waals surface area contributed by atoms with Gasteiger partial charge in [0.15, 0.2) is 0 Å². The zero-order chi connectivity index (χ0) is 12.4. The van der Waals surface area contributed by atoms with Gasteiger partial charge in [-0.3, -0.25) is 9.58 Å². The molecule has 0 saturated carbocycles. The lowest BCUT2D eigenvalue weighted by Crippen LogP contribution is -2.17. The third-order valence-corrected chi connectivity index (χ3v) is 3.73. The molecule has 0 spiro atoms. The second-order valence-corrected chi connectivity index (χ2v) is 5.39. The summed E-state index contributed by atoms with van der Waals surface area (Å²) in [4.78, 5) is 7.91. The number of thiazole rings is 1. The molecule has 0 saturated heterocycles. The average molecular weight is 250 g/mol. The van der Waals surface area contributed by atoms with Gasteiger partial charge >= 0.3 is 0 Å². The number of hydrogen-bond donors (Lipinski definition) is 0. The maximum Gasteiger partial charge on any atom is 0.0798 e. The van der Waals surface area contributed by atoms with E-state index in [0.29, 0.717) is 0 Å². The first-order valence-corrected chi connectivity index (χ1v) is 6.51. The van der Waals surface area contributed by atoms with Crippen molar-refractivity contribution in [2.75, 3.05) is 7.05 Å². The van der Waals surface area contributed by atoms with E-state index in [2.05, 4.69) is 42.1 Å². The Hall–Kier alpha value is -1.20. The molecule has 0 aliphatic carbocycles. The second kappa shape index (κ2) is 4.98. The molecule has 0 atom stereocenters. The van der Waals surface area contributed by atoms with Crippen LogP contribution in [0.1, 0.15) is 21.8 Å². The Morgan fingerprint density at radius 1 is 1.29 bits per heavy atom. The minimum Gasteiger partial charge on any atom is -0.297 e. The van der Waals surface area contributed by atoms with E-state index in [1.54, 1.807) is 11.3 Å². The van der Waals surface area contributed by atoms with Gasteiger partial charge in [-0.1, -0.05) is 0 Å². The van der Waals surface area contributed by atoms with Crippen LogP contribution in [0.15, 0.2) is 11.7 Å². The van der Waals surface area contributed by atoms with Gasteiger partial charge in [0.05, 0.1) is 16.9 Å². The van der Waals surface area contributed by atoms with E-state index in [-0.39, 0.29) is 0 Å². The molecule has 2 aromatic rings. The largest absolute Gasteiger partial charge is 0.297 e. The van der Waals surface area contributed by atoms with Gasteiger partial charge in [0.2, 0.25) is 0 Å². The maximum absolute atomic E-state index is 4.36. The molecule has 0 aliphatic heterocycles. The number of nitrogens with zero attached hydrogens (tertiary/aromatic N) is 4. The smallest absolute Gasteiger partial charge is 0.0798 e. The summed E-state index contributed by atoms with van der Waals surface area (Å²) >= 11 is 1.72. The Labute approximate surface area is 106 Å². The van der Waals surface area contributed by atoms with Crippen molar-refractivity contribution in [2.24, 2.45) is 7.05 Å². The van der Waals surface area contributed by atoms with Crippen LogP contribution >= 0.6 is 11.3 Å². The van der Waals surface area contributed by atoms with E-state index in [1.165, 1.54) is 10.4 Å². The molecule has 92 valence electrons. The van der Waals surface area contributed by atoms with Crippen LogP contribution < -0.4 is 0 Å². The van der Waals surface area contributed by atoms with E-state index in [1.807, 2.05) is 17.2 Å². The van der Waals surface area contributed by atoms with Crippen molar-refractivity contribution in [3.8, 4) is 0 Å². The summed E-state index contributed by atoms with van der Waals surface area (Å²) in [5.74, 6) is 0. The summed E-state index contributed by atoms with van der Waals surface area (Å²) < 4.78 is 1.87. The molecular formula is C12H18N4S. The Bertz CT molecular complexity index is 500. The molecule has 2 heterocycles. The summed E-state index contributed by atoms with van der Waals surface area (Å²) in [6.07, 6.45) is 2.09. The van der Waals surface area contributed by atoms with Crippen LogP contribution in [0.4, 0.5) is 0 Å². The molecule has 0 aliphatic rings. The Kier molecular flexibility index (Phi) is 3.59. The molecule has 5 heteroatoms. The average Bonchev–Trinajstić information content (AvgIpc) is 2.75. The summed E-state index contributed by atoms with van der Waals surface area (Å²) in [6.45, 7) is 6.00. The Morgan fingerprint density at radius 3 is 2.59 bits per heavy atom. The minimum atomic E-state index is 0.928. The van der Waals surface area contributed by atoms with Crippen molar-refractivity contribution in [3.63, 3.8) is 0 Å². The third-order valence-electron chi connectivity index (χ3n) is 2.81. The zero-order valence-electron chi connectivity index (χ0n) is 10.8. The van der Waals surface area contributed by atoms with Crippen LogP contribution in [0, 0.1) is 13.8 Å². The van der Waals surface area contributed by atoms with Crippen LogP contribution in [-0.2, 0) is 20.1 Å². The van der Waals surface area contributed by atoms with E-state index < -0.39 is 0 Å². The summed E-state index contributed by atoms with van der Waals surface area (Å²) in [7, 11) is 4.09. The first kappa shape index (κ1) is 12.3. The molecule has 0 radical (unpaired) electrons. The molecule has 0 aromatic carbocycles. The lowest BCUT2D eigenvalue weighted by molar-refractivity contribution is 0.320. The predicted molar refractivity (Wildman–Crippen MR) is 70.0 cm³/mol. The van der Waals surface area contributed by atoms with Crippen LogP contribution in [0.3, 0.4) is 0 Å². The van der Waals surface area contributed by atoms with Crippen LogP contribution in [0.5, 0.6) is 0 Å². The van der Waals surface area contributed by atoms with Gasteiger partial charge in [0.1, 0.15) is 0 Å². The van der Waals surface area contributed by atoms with Crippen molar-refractivity contribution in [3.05, 3.63) is 33.5 Å². The van der Waals surface area contributed by atoms with Crippen molar-refractivity contribution in [2.45, 2.75) is 26.9 Å². The molecule has 0 unspecified atom stereocenters. The minimum absolute atomic E-state index is 0.928. The fourth-order valence-electron chi connectivity index (χ4n) is 1.87. The highest BCUT2D eigenvalue weighted by Gasteiger charge is 2.09. The normalized spacial score (nSPS) is 11.4.